The number of rotatable bonds is 7. The summed E-state index contributed by atoms with van der Waals surface area (Å²) in [6.07, 6.45) is 4.91. The fourth-order valence-corrected chi connectivity index (χ4v) is 4.45. The van der Waals surface area contributed by atoms with Gasteiger partial charge < -0.3 is 4.74 Å². The van der Waals surface area contributed by atoms with Gasteiger partial charge in [-0.2, -0.15) is 5.10 Å². The smallest absolute Gasteiger partial charge is 0.307 e. The van der Waals surface area contributed by atoms with Gasteiger partial charge in [-0.3, -0.25) is 19.4 Å². The summed E-state index contributed by atoms with van der Waals surface area (Å²) < 4.78 is 9.41. The molecule has 0 spiro atoms. The average Bonchev–Trinajstić information content (AvgIpc) is 3.41. The van der Waals surface area contributed by atoms with Crippen LogP contribution in [0.3, 0.4) is 0 Å². The number of nitrogens with zero attached hydrogens (tertiary/aromatic N) is 6. The first-order chi connectivity index (χ1) is 13.1. The predicted molar refractivity (Wildman–Crippen MR) is 102 cm³/mol. The molecular weight excluding hydrogens is 388 g/mol. The summed E-state index contributed by atoms with van der Waals surface area (Å²) in [4.78, 5) is 11.6. The van der Waals surface area contributed by atoms with E-state index in [0.717, 1.165) is 36.0 Å². The van der Waals surface area contributed by atoms with Crippen molar-refractivity contribution in [3.8, 4) is 11.4 Å². The largest absolute Gasteiger partial charge is 0.376 e. The fourth-order valence-electron chi connectivity index (χ4n) is 2.97. The van der Waals surface area contributed by atoms with Crippen molar-refractivity contribution in [1.29, 1.82) is 0 Å². The second-order valence-electron chi connectivity index (χ2n) is 6.27. The zero-order chi connectivity index (χ0) is 18.8. The lowest BCUT2D eigenvalue weighted by Crippen LogP contribution is -2.16. The van der Waals surface area contributed by atoms with Gasteiger partial charge >= 0.3 is 5.69 Å². The van der Waals surface area contributed by atoms with E-state index in [-0.39, 0.29) is 11.8 Å². The van der Waals surface area contributed by atoms with E-state index in [9.17, 15) is 10.1 Å². The van der Waals surface area contributed by atoms with E-state index in [1.54, 1.807) is 11.3 Å². The number of thiophene rings is 1. The number of aryl methyl sites for hydroxylation is 1. The van der Waals surface area contributed by atoms with Crippen LogP contribution in [0.4, 0.5) is 5.69 Å². The highest BCUT2D eigenvalue weighted by Crippen LogP contribution is 2.29. The lowest BCUT2D eigenvalue weighted by molar-refractivity contribution is -0.385. The molecule has 142 valence electrons. The lowest BCUT2D eigenvalue weighted by atomic mass is 10.2. The molecule has 0 bridgehead atoms. The van der Waals surface area contributed by atoms with Crippen LogP contribution in [0.5, 0.6) is 0 Å². The van der Waals surface area contributed by atoms with Gasteiger partial charge in [0.15, 0.2) is 11.0 Å². The van der Waals surface area contributed by atoms with Crippen LogP contribution in [-0.2, 0) is 17.2 Å². The van der Waals surface area contributed by atoms with E-state index >= 15 is 0 Å². The van der Waals surface area contributed by atoms with Gasteiger partial charge in [0.05, 0.1) is 23.4 Å². The average molecular weight is 406 g/mol. The Bertz CT molecular complexity index is 944. The zero-order valence-electron chi connectivity index (χ0n) is 14.6. The van der Waals surface area contributed by atoms with Crippen LogP contribution in [0.15, 0.2) is 29.0 Å². The molecule has 0 aromatic carbocycles. The van der Waals surface area contributed by atoms with Crippen LogP contribution in [0, 0.1) is 17.0 Å². The second-order valence-corrected chi connectivity index (χ2v) is 8.29. The topological polar surface area (TPSA) is 101 Å². The summed E-state index contributed by atoms with van der Waals surface area (Å²) in [6.45, 7) is 3.55. The van der Waals surface area contributed by atoms with Gasteiger partial charge in [0.2, 0.25) is 0 Å². The molecular formula is C16H18N6O3S2. The summed E-state index contributed by atoms with van der Waals surface area (Å²) in [7, 11) is 0. The van der Waals surface area contributed by atoms with E-state index in [1.165, 1.54) is 33.7 Å². The Morgan fingerprint density at radius 3 is 3.04 bits per heavy atom. The summed E-state index contributed by atoms with van der Waals surface area (Å²) in [5.74, 6) is 1.24. The third-order valence-corrected chi connectivity index (χ3v) is 6.09. The van der Waals surface area contributed by atoms with Crippen LogP contribution in [0.1, 0.15) is 17.7 Å². The highest BCUT2D eigenvalue weighted by Gasteiger charge is 2.22. The summed E-state index contributed by atoms with van der Waals surface area (Å²) in [5, 5.41) is 26.4. The molecule has 3 aromatic rings. The number of hydrogen-bond acceptors (Lipinski definition) is 8. The molecule has 27 heavy (non-hydrogen) atoms. The van der Waals surface area contributed by atoms with E-state index in [0.29, 0.717) is 12.4 Å². The number of hydrogen-bond donors (Lipinski definition) is 0. The minimum atomic E-state index is -0.453. The van der Waals surface area contributed by atoms with Gasteiger partial charge in [0, 0.05) is 22.4 Å². The van der Waals surface area contributed by atoms with E-state index in [2.05, 4.69) is 38.2 Å². The molecule has 0 amide bonds. The number of nitro groups is 1. The minimum Gasteiger partial charge on any atom is -0.376 e. The van der Waals surface area contributed by atoms with Crippen molar-refractivity contribution in [2.24, 2.45) is 0 Å². The van der Waals surface area contributed by atoms with Crippen molar-refractivity contribution < 1.29 is 9.66 Å². The van der Waals surface area contributed by atoms with Crippen LogP contribution >= 0.6 is 23.1 Å². The first-order valence-electron chi connectivity index (χ1n) is 8.50. The standard InChI is InChI=1S/C16H18N6O3S2/c1-11-5-12(9-26-11)15-18-19-16(21(15)8-14-3-2-4-25-14)27-10-20-7-13(6-17-20)22(23)24/h5-7,9,14H,2-4,8,10H2,1H3. The quantitative estimate of drug-likeness (QED) is 0.337. The Morgan fingerprint density at radius 1 is 1.48 bits per heavy atom. The number of ether oxygens (including phenoxy) is 1. The summed E-state index contributed by atoms with van der Waals surface area (Å²) in [5.41, 5.74) is 1.02. The molecule has 0 N–H and O–H groups in total. The van der Waals surface area contributed by atoms with Crippen molar-refractivity contribution in [3.63, 3.8) is 0 Å². The van der Waals surface area contributed by atoms with Gasteiger partial charge in [-0.05, 0) is 25.8 Å². The van der Waals surface area contributed by atoms with Gasteiger partial charge in [0.1, 0.15) is 12.4 Å². The zero-order valence-corrected chi connectivity index (χ0v) is 16.3. The summed E-state index contributed by atoms with van der Waals surface area (Å²) >= 11 is 3.12. The Hall–Kier alpha value is -2.24. The van der Waals surface area contributed by atoms with Crippen molar-refractivity contribution in [3.05, 3.63) is 38.8 Å². The molecule has 4 rings (SSSR count). The molecule has 1 aliphatic heterocycles. The first-order valence-corrected chi connectivity index (χ1v) is 10.4. The molecule has 1 unspecified atom stereocenters. The van der Waals surface area contributed by atoms with Crippen LogP contribution in [-0.4, -0.2) is 42.2 Å². The fraction of sp³-hybridized carbons (Fsp3) is 0.438. The molecule has 1 aliphatic rings. The number of thioether (sulfide) groups is 1. The Morgan fingerprint density at radius 2 is 2.37 bits per heavy atom. The second kappa shape index (κ2) is 7.79. The molecule has 9 nitrogen and oxygen atoms in total. The SMILES string of the molecule is Cc1cc(-c2nnc(SCn3cc([N+](=O)[O-])cn3)n2CC2CCCO2)cs1. The van der Waals surface area contributed by atoms with Gasteiger partial charge in [-0.15, -0.1) is 21.5 Å². The third kappa shape index (κ3) is 4.04. The molecule has 11 heteroatoms. The maximum absolute atomic E-state index is 10.8. The third-order valence-electron chi connectivity index (χ3n) is 4.27. The molecule has 4 heterocycles. The molecule has 0 aliphatic carbocycles. The lowest BCUT2D eigenvalue weighted by Gasteiger charge is -2.14. The Kier molecular flexibility index (Phi) is 5.23. The van der Waals surface area contributed by atoms with E-state index in [4.69, 9.17) is 4.74 Å². The Labute approximate surface area is 163 Å². The van der Waals surface area contributed by atoms with Crippen molar-refractivity contribution in [2.45, 2.75) is 43.4 Å². The number of aromatic nitrogens is 5. The van der Waals surface area contributed by atoms with Crippen LogP contribution in [0.2, 0.25) is 0 Å². The molecule has 0 saturated carbocycles. The van der Waals surface area contributed by atoms with Crippen LogP contribution < -0.4 is 0 Å². The van der Waals surface area contributed by atoms with E-state index < -0.39 is 4.92 Å². The molecule has 0 radical (unpaired) electrons. The van der Waals surface area contributed by atoms with Crippen molar-refractivity contribution >= 4 is 28.8 Å². The van der Waals surface area contributed by atoms with Gasteiger partial charge in [-0.25, -0.2) is 0 Å². The maximum Gasteiger partial charge on any atom is 0.307 e. The molecule has 3 aromatic heterocycles. The molecule has 1 fully saturated rings. The van der Waals surface area contributed by atoms with Crippen LogP contribution in [0.25, 0.3) is 11.4 Å². The summed E-state index contributed by atoms with van der Waals surface area (Å²) in [6, 6.07) is 2.10. The maximum atomic E-state index is 10.8. The normalized spacial score (nSPS) is 16.9. The van der Waals surface area contributed by atoms with Crippen molar-refractivity contribution in [2.75, 3.05) is 6.61 Å². The highest BCUT2D eigenvalue weighted by atomic mass is 32.2. The Balaban J connectivity index is 1.56. The highest BCUT2D eigenvalue weighted by molar-refractivity contribution is 7.98. The first kappa shape index (κ1) is 18.1. The van der Waals surface area contributed by atoms with Crippen molar-refractivity contribution in [1.82, 2.24) is 24.5 Å². The molecule has 1 saturated heterocycles. The van der Waals surface area contributed by atoms with Gasteiger partial charge in [-0.1, -0.05) is 11.8 Å². The minimum absolute atomic E-state index is 0.0224. The predicted octanol–water partition coefficient (Wildman–Crippen LogP) is 3.35. The molecule has 1 atom stereocenters. The monoisotopic (exact) mass is 406 g/mol. The van der Waals surface area contributed by atoms with Gasteiger partial charge in [0.25, 0.3) is 0 Å². The van der Waals surface area contributed by atoms with E-state index in [1.807, 2.05) is 0 Å².